The number of nitrogens with one attached hydrogen (secondary N) is 2. The molecule has 0 bridgehead atoms. The van der Waals surface area contributed by atoms with E-state index in [1.165, 1.54) is 7.05 Å². The van der Waals surface area contributed by atoms with Crippen molar-refractivity contribution >= 4 is 51.6 Å². The summed E-state index contributed by atoms with van der Waals surface area (Å²) in [5.74, 6) is 0.731. The molecule has 0 amide bonds. The van der Waals surface area contributed by atoms with Gasteiger partial charge in [-0.2, -0.15) is 0 Å². The van der Waals surface area contributed by atoms with E-state index in [2.05, 4.69) is 15.0 Å². The maximum atomic E-state index is 11.8. The number of guanidine groups is 1. The number of halogens is 2. The summed E-state index contributed by atoms with van der Waals surface area (Å²) in [6, 6.07) is 8.65. The van der Waals surface area contributed by atoms with E-state index in [-0.39, 0.29) is 28.9 Å². The van der Waals surface area contributed by atoms with Crippen molar-refractivity contribution in [2.45, 2.75) is 18.0 Å². The zero-order chi connectivity index (χ0) is 19.3. The Morgan fingerprint density at radius 2 is 1.93 bits per heavy atom. The van der Waals surface area contributed by atoms with Gasteiger partial charge in [-0.15, -0.1) is 24.0 Å². The van der Waals surface area contributed by atoms with E-state index in [0.29, 0.717) is 18.1 Å². The van der Waals surface area contributed by atoms with Crippen LogP contribution in [-0.4, -0.2) is 45.0 Å². The third-order valence-electron chi connectivity index (χ3n) is 4.00. The van der Waals surface area contributed by atoms with Crippen LogP contribution in [0.3, 0.4) is 0 Å². The predicted molar refractivity (Wildman–Crippen MR) is 120 cm³/mol. The zero-order valence-corrected chi connectivity index (χ0v) is 19.6. The molecule has 0 aliphatic heterocycles. The van der Waals surface area contributed by atoms with E-state index in [9.17, 15) is 8.42 Å². The Labute approximate surface area is 182 Å². The molecule has 0 fully saturated rings. The lowest BCUT2D eigenvalue weighted by Gasteiger charge is -2.22. The number of rotatable bonds is 6. The van der Waals surface area contributed by atoms with Gasteiger partial charge < -0.3 is 14.8 Å². The van der Waals surface area contributed by atoms with Crippen LogP contribution in [0, 0.1) is 0 Å². The molecule has 7 nitrogen and oxygen atoms in total. The molecule has 2 aromatic rings. The summed E-state index contributed by atoms with van der Waals surface area (Å²) in [6.45, 7) is 1.19. The summed E-state index contributed by atoms with van der Waals surface area (Å²) >= 11 is 6.03. The Bertz CT molecular complexity index is 881. The fourth-order valence-corrected chi connectivity index (χ4v) is 3.51. The monoisotopic (exact) mass is 525 g/mol. The highest BCUT2D eigenvalue weighted by Gasteiger charge is 2.12. The first-order valence-electron chi connectivity index (χ1n) is 8.02. The van der Waals surface area contributed by atoms with Crippen molar-refractivity contribution in [1.82, 2.24) is 19.5 Å². The van der Waals surface area contributed by atoms with E-state index in [0.717, 1.165) is 17.2 Å². The van der Waals surface area contributed by atoms with Gasteiger partial charge in [0.25, 0.3) is 0 Å². The van der Waals surface area contributed by atoms with Gasteiger partial charge in [0.05, 0.1) is 16.5 Å². The molecule has 0 unspecified atom stereocenters. The van der Waals surface area contributed by atoms with E-state index >= 15 is 0 Å². The Hall–Kier alpha value is -1.30. The standard InChI is InChI=1S/C17H24ClN5O2S.HI/c1-19-17(23(4)12-15-9-14(18)11-22(15)3)21-10-13-5-7-16(8-6-13)26(24,25)20-2;/h5-9,11,20H,10,12H2,1-4H3,(H,19,21);1H. The lowest BCUT2D eigenvalue weighted by molar-refractivity contribution is 0.461. The molecule has 0 saturated heterocycles. The second-order valence-corrected chi connectivity index (χ2v) is 8.19. The van der Waals surface area contributed by atoms with Crippen molar-refractivity contribution in [3.63, 3.8) is 0 Å². The molecule has 0 radical (unpaired) electrons. The third-order valence-corrected chi connectivity index (χ3v) is 5.64. The van der Waals surface area contributed by atoms with Crippen LogP contribution in [0.5, 0.6) is 0 Å². The largest absolute Gasteiger partial charge is 0.352 e. The summed E-state index contributed by atoms with van der Waals surface area (Å²) in [5.41, 5.74) is 2.03. The third kappa shape index (κ3) is 6.37. The van der Waals surface area contributed by atoms with Crippen molar-refractivity contribution in [1.29, 1.82) is 0 Å². The second-order valence-electron chi connectivity index (χ2n) is 5.87. The van der Waals surface area contributed by atoms with Gasteiger partial charge in [0.15, 0.2) is 5.96 Å². The molecular formula is C17H25ClIN5O2S. The van der Waals surface area contributed by atoms with Crippen LogP contribution in [0.25, 0.3) is 0 Å². The summed E-state index contributed by atoms with van der Waals surface area (Å²) in [7, 11) is 3.59. The van der Waals surface area contributed by atoms with Gasteiger partial charge in [-0.3, -0.25) is 4.99 Å². The molecule has 0 atom stereocenters. The number of nitrogens with zero attached hydrogens (tertiary/aromatic N) is 3. The van der Waals surface area contributed by atoms with Crippen LogP contribution in [0.1, 0.15) is 11.3 Å². The van der Waals surface area contributed by atoms with Gasteiger partial charge >= 0.3 is 0 Å². The smallest absolute Gasteiger partial charge is 0.240 e. The molecule has 27 heavy (non-hydrogen) atoms. The number of hydrogen-bond donors (Lipinski definition) is 2. The molecule has 0 saturated carbocycles. The van der Waals surface area contributed by atoms with Crippen molar-refractivity contribution in [3.8, 4) is 0 Å². The van der Waals surface area contributed by atoms with Crippen LogP contribution in [-0.2, 0) is 30.2 Å². The molecule has 0 aliphatic carbocycles. The molecule has 0 spiro atoms. The summed E-state index contributed by atoms with van der Waals surface area (Å²) in [4.78, 5) is 6.52. The zero-order valence-electron chi connectivity index (χ0n) is 15.7. The van der Waals surface area contributed by atoms with E-state index in [4.69, 9.17) is 11.6 Å². The van der Waals surface area contributed by atoms with Gasteiger partial charge in [0, 0.05) is 39.6 Å². The van der Waals surface area contributed by atoms with Crippen molar-refractivity contribution in [3.05, 3.63) is 52.8 Å². The molecule has 1 aromatic heterocycles. The SMILES string of the molecule is CN=C(NCc1ccc(S(=O)(=O)NC)cc1)N(C)Cc1cc(Cl)cn1C.I. The average molecular weight is 526 g/mol. The lowest BCUT2D eigenvalue weighted by Crippen LogP contribution is -2.38. The quantitative estimate of drug-likeness (QED) is 0.345. The first-order valence-corrected chi connectivity index (χ1v) is 9.88. The van der Waals surface area contributed by atoms with Crippen molar-refractivity contribution in [2.24, 2.45) is 12.0 Å². The molecule has 1 heterocycles. The molecule has 0 aliphatic rings. The maximum absolute atomic E-state index is 11.8. The van der Waals surface area contributed by atoms with Crippen LogP contribution >= 0.6 is 35.6 Å². The predicted octanol–water partition coefficient (Wildman–Crippen LogP) is 2.41. The molecule has 1 aromatic carbocycles. The van der Waals surface area contributed by atoms with Gasteiger partial charge in [0.1, 0.15) is 0 Å². The molecule has 2 N–H and O–H groups in total. The Balaban J connectivity index is 0.00000364. The summed E-state index contributed by atoms with van der Waals surface area (Å²) < 4.78 is 27.8. The topological polar surface area (TPSA) is 78.7 Å². The van der Waals surface area contributed by atoms with Crippen molar-refractivity contribution < 1.29 is 8.42 Å². The molecular weight excluding hydrogens is 501 g/mol. The Morgan fingerprint density at radius 3 is 2.41 bits per heavy atom. The van der Waals surface area contributed by atoms with Gasteiger partial charge in [-0.1, -0.05) is 23.7 Å². The minimum absolute atomic E-state index is 0. The highest BCUT2D eigenvalue weighted by molar-refractivity contribution is 14.0. The van der Waals surface area contributed by atoms with Crippen LogP contribution < -0.4 is 10.0 Å². The highest BCUT2D eigenvalue weighted by atomic mass is 127. The normalized spacial score (nSPS) is 11.8. The lowest BCUT2D eigenvalue weighted by atomic mass is 10.2. The minimum Gasteiger partial charge on any atom is -0.352 e. The number of aliphatic imine (C=N–C) groups is 1. The number of aryl methyl sites for hydroxylation is 1. The van der Waals surface area contributed by atoms with E-state index in [1.54, 1.807) is 31.3 Å². The first-order chi connectivity index (χ1) is 12.3. The fourth-order valence-electron chi connectivity index (χ4n) is 2.51. The molecule has 2 rings (SSSR count). The Morgan fingerprint density at radius 1 is 1.30 bits per heavy atom. The summed E-state index contributed by atoms with van der Waals surface area (Å²) in [6.07, 6.45) is 1.86. The van der Waals surface area contributed by atoms with Gasteiger partial charge in [-0.05, 0) is 30.8 Å². The number of benzene rings is 1. The van der Waals surface area contributed by atoms with Crippen LogP contribution in [0.4, 0.5) is 0 Å². The molecule has 150 valence electrons. The maximum Gasteiger partial charge on any atom is 0.240 e. The fraction of sp³-hybridized carbons (Fsp3) is 0.353. The number of aromatic nitrogens is 1. The van der Waals surface area contributed by atoms with Crippen molar-refractivity contribution in [2.75, 3.05) is 21.1 Å². The van der Waals surface area contributed by atoms with Crippen LogP contribution in [0.2, 0.25) is 5.02 Å². The molecule has 10 heteroatoms. The highest BCUT2D eigenvalue weighted by Crippen LogP contribution is 2.14. The Kier molecular flexibility index (Phi) is 9.06. The van der Waals surface area contributed by atoms with E-state index < -0.39 is 10.0 Å². The minimum atomic E-state index is -3.42. The number of sulfonamides is 1. The average Bonchev–Trinajstić information content (AvgIpc) is 2.93. The first kappa shape index (κ1) is 23.7. The van der Waals surface area contributed by atoms with E-state index in [1.807, 2.05) is 35.8 Å². The van der Waals surface area contributed by atoms with Gasteiger partial charge in [0.2, 0.25) is 10.0 Å². The van der Waals surface area contributed by atoms with Gasteiger partial charge in [-0.25, -0.2) is 13.1 Å². The second kappa shape index (κ2) is 10.3. The van der Waals surface area contributed by atoms with Crippen LogP contribution in [0.15, 0.2) is 46.4 Å². The summed E-state index contributed by atoms with van der Waals surface area (Å²) in [5, 5.41) is 3.98. The number of hydrogen-bond acceptors (Lipinski definition) is 3.